The minimum absolute atomic E-state index is 0.245. The SMILES string of the molecule is CCOCn1cc(NC(=O)C(C)n2nc(C(F)(F)F)cc2C)cn1. The molecule has 0 saturated heterocycles. The maximum Gasteiger partial charge on any atom is 0.435 e. The normalized spacial score (nSPS) is 13.1. The van der Waals surface area contributed by atoms with Gasteiger partial charge in [0.05, 0.1) is 18.1 Å². The first-order valence-corrected chi connectivity index (χ1v) is 7.26. The second kappa shape index (κ2) is 7.04. The molecule has 132 valence electrons. The summed E-state index contributed by atoms with van der Waals surface area (Å²) in [5, 5.41) is 10.1. The molecule has 1 atom stereocenters. The summed E-state index contributed by atoms with van der Waals surface area (Å²) in [7, 11) is 0. The molecule has 0 aliphatic heterocycles. The Kier molecular flexibility index (Phi) is 5.27. The monoisotopic (exact) mass is 345 g/mol. The van der Waals surface area contributed by atoms with Crippen molar-refractivity contribution in [2.75, 3.05) is 11.9 Å². The Labute approximate surface area is 136 Å². The molecule has 0 radical (unpaired) electrons. The first kappa shape index (κ1) is 18.0. The summed E-state index contributed by atoms with van der Waals surface area (Å²) in [6, 6.07) is 0.000479. The number of carbonyl (C=O) groups excluding carboxylic acids is 1. The molecule has 0 aliphatic rings. The third-order valence-corrected chi connectivity index (χ3v) is 3.29. The van der Waals surface area contributed by atoms with Crippen molar-refractivity contribution >= 4 is 11.6 Å². The highest BCUT2D eigenvalue weighted by Crippen LogP contribution is 2.29. The van der Waals surface area contributed by atoms with Gasteiger partial charge < -0.3 is 10.1 Å². The number of amides is 1. The number of rotatable bonds is 6. The summed E-state index contributed by atoms with van der Waals surface area (Å²) in [6.07, 6.45) is -1.55. The van der Waals surface area contributed by atoms with Gasteiger partial charge in [-0.05, 0) is 26.8 Å². The minimum atomic E-state index is -4.55. The highest BCUT2D eigenvalue weighted by molar-refractivity contribution is 5.93. The van der Waals surface area contributed by atoms with Crippen molar-refractivity contribution in [2.24, 2.45) is 0 Å². The van der Waals surface area contributed by atoms with E-state index in [-0.39, 0.29) is 12.4 Å². The summed E-state index contributed by atoms with van der Waals surface area (Å²) in [5.41, 5.74) is -0.353. The van der Waals surface area contributed by atoms with Gasteiger partial charge in [-0.3, -0.25) is 9.48 Å². The van der Waals surface area contributed by atoms with Crippen molar-refractivity contribution in [3.8, 4) is 0 Å². The lowest BCUT2D eigenvalue weighted by atomic mass is 10.3. The number of halogens is 3. The molecule has 10 heteroatoms. The van der Waals surface area contributed by atoms with E-state index in [9.17, 15) is 18.0 Å². The molecule has 1 unspecified atom stereocenters. The summed E-state index contributed by atoms with van der Waals surface area (Å²) in [5.74, 6) is -0.495. The van der Waals surface area contributed by atoms with Gasteiger partial charge in [0, 0.05) is 12.3 Å². The van der Waals surface area contributed by atoms with Crippen LogP contribution in [-0.2, 0) is 22.4 Å². The topological polar surface area (TPSA) is 74.0 Å². The van der Waals surface area contributed by atoms with Gasteiger partial charge in [0.1, 0.15) is 12.8 Å². The van der Waals surface area contributed by atoms with Gasteiger partial charge in [-0.15, -0.1) is 0 Å². The molecule has 0 saturated carbocycles. The van der Waals surface area contributed by atoms with E-state index in [2.05, 4.69) is 15.5 Å². The fraction of sp³-hybridized carbons (Fsp3) is 0.500. The lowest BCUT2D eigenvalue weighted by Crippen LogP contribution is -2.25. The number of nitrogens with one attached hydrogen (secondary N) is 1. The Morgan fingerprint density at radius 1 is 1.46 bits per heavy atom. The first-order valence-electron chi connectivity index (χ1n) is 7.26. The molecular formula is C14H18F3N5O2. The van der Waals surface area contributed by atoms with Crippen molar-refractivity contribution in [3.05, 3.63) is 29.8 Å². The average Bonchev–Trinajstić information content (AvgIpc) is 3.10. The van der Waals surface area contributed by atoms with Crippen LogP contribution in [0.1, 0.15) is 31.3 Å². The van der Waals surface area contributed by atoms with Gasteiger partial charge in [0.25, 0.3) is 0 Å². The number of aryl methyl sites for hydroxylation is 1. The van der Waals surface area contributed by atoms with Crippen LogP contribution >= 0.6 is 0 Å². The van der Waals surface area contributed by atoms with Gasteiger partial charge in [-0.1, -0.05) is 0 Å². The van der Waals surface area contributed by atoms with Crippen LogP contribution in [0, 0.1) is 6.92 Å². The smallest absolute Gasteiger partial charge is 0.360 e. The zero-order valence-corrected chi connectivity index (χ0v) is 13.5. The summed E-state index contributed by atoms with van der Waals surface area (Å²) in [6.45, 7) is 5.55. The van der Waals surface area contributed by atoms with Crippen molar-refractivity contribution in [2.45, 2.75) is 39.7 Å². The lowest BCUT2D eigenvalue weighted by molar-refractivity contribution is -0.141. The molecule has 24 heavy (non-hydrogen) atoms. The van der Waals surface area contributed by atoms with Crippen LogP contribution in [0.4, 0.5) is 18.9 Å². The molecular weight excluding hydrogens is 327 g/mol. The second-order valence-corrected chi connectivity index (χ2v) is 5.17. The van der Waals surface area contributed by atoms with Crippen molar-refractivity contribution < 1.29 is 22.7 Å². The highest BCUT2D eigenvalue weighted by Gasteiger charge is 2.35. The Balaban J connectivity index is 2.07. The van der Waals surface area contributed by atoms with Crippen LogP contribution in [-0.4, -0.2) is 32.1 Å². The van der Waals surface area contributed by atoms with E-state index in [0.717, 1.165) is 10.7 Å². The van der Waals surface area contributed by atoms with Crippen LogP contribution < -0.4 is 5.32 Å². The molecule has 0 spiro atoms. The summed E-state index contributed by atoms with van der Waals surface area (Å²) < 4.78 is 45.8. The number of alkyl halides is 3. The van der Waals surface area contributed by atoms with Crippen LogP contribution in [0.3, 0.4) is 0 Å². The molecule has 2 heterocycles. The van der Waals surface area contributed by atoms with E-state index >= 15 is 0 Å². The second-order valence-electron chi connectivity index (χ2n) is 5.17. The van der Waals surface area contributed by atoms with Gasteiger partial charge in [0.2, 0.25) is 5.91 Å². The maximum absolute atomic E-state index is 12.7. The number of hydrogen-bond acceptors (Lipinski definition) is 4. The van der Waals surface area contributed by atoms with Crippen molar-refractivity contribution in [3.63, 3.8) is 0 Å². The molecule has 2 aromatic heterocycles. The van der Waals surface area contributed by atoms with Gasteiger partial charge in [-0.2, -0.15) is 23.4 Å². The molecule has 2 aromatic rings. The minimum Gasteiger partial charge on any atom is -0.360 e. The third kappa shape index (κ3) is 4.13. The third-order valence-electron chi connectivity index (χ3n) is 3.29. The Morgan fingerprint density at radius 2 is 2.17 bits per heavy atom. The Morgan fingerprint density at radius 3 is 2.75 bits per heavy atom. The first-order chi connectivity index (χ1) is 11.2. The number of nitrogens with zero attached hydrogens (tertiary/aromatic N) is 4. The Hall–Kier alpha value is -2.36. The van der Waals surface area contributed by atoms with E-state index in [4.69, 9.17) is 4.74 Å². The fourth-order valence-corrected chi connectivity index (χ4v) is 2.06. The molecule has 0 aliphatic carbocycles. The molecule has 2 rings (SSSR count). The van der Waals surface area contributed by atoms with Crippen LogP contribution in [0.15, 0.2) is 18.5 Å². The molecule has 0 fully saturated rings. The standard InChI is InChI=1S/C14H18F3N5O2/c1-4-24-8-21-7-11(6-18-21)19-13(23)10(3)22-9(2)5-12(20-22)14(15,16)17/h5-7,10H,4,8H2,1-3H3,(H,19,23). The lowest BCUT2D eigenvalue weighted by Gasteiger charge is -2.13. The summed E-state index contributed by atoms with van der Waals surface area (Å²) in [4.78, 5) is 12.2. The predicted molar refractivity (Wildman–Crippen MR) is 79.2 cm³/mol. The average molecular weight is 345 g/mol. The van der Waals surface area contributed by atoms with E-state index in [0.29, 0.717) is 12.3 Å². The summed E-state index contributed by atoms with van der Waals surface area (Å²) >= 11 is 0. The van der Waals surface area contributed by atoms with E-state index in [1.165, 1.54) is 24.7 Å². The van der Waals surface area contributed by atoms with Gasteiger partial charge in [0.15, 0.2) is 5.69 Å². The van der Waals surface area contributed by atoms with E-state index in [1.807, 2.05) is 6.92 Å². The van der Waals surface area contributed by atoms with Crippen LogP contribution in [0.25, 0.3) is 0 Å². The quantitative estimate of drug-likeness (QED) is 0.873. The number of hydrogen-bond donors (Lipinski definition) is 1. The van der Waals surface area contributed by atoms with Crippen LogP contribution in [0.2, 0.25) is 0 Å². The number of aromatic nitrogens is 4. The molecule has 0 aromatic carbocycles. The molecule has 0 bridgehead atoms. The maximum atomic E-state index is 12.7. The van der Waals surface area contributed by atoms with E-state index < -0.39 is 23.8 Å². The Bertz CT molecular complexity index is 708. The van der Waals surface area contributed by atoms with Gasteiger partial charge >= 0.3 is 6.18 Å². The predicted octanol–water partition coefficient (Wildman–Crippen LogP) is 2.60. The largest absolute Gasteiger partial charge is 0.435 e. The fourth-order valence-electron chi connectivity index (χ4n) is 2.06. The molecule has 7 nitrogen and oxygen atoms in total. The number of anilines is 1. The van der Waals surface area contributed by atoms with Gasteiger partial charge in [-0.25, -0.2) is 4.68 Å². The van der Waals surface area contributed by atoms with Crippen molar-refractivity contribution in [1.29, 1.82) is 0 Å². The highest BCUT2D eigenvalue weighted by atomic mass is 19.4. The van der Waals surface area contributed by atoms with E-state index in [1.54, 1.807) is 6.20 Å². The van der Waals surface area contributed by atoms with Crippen molar-refractivity contribution in [1.82, 2.24) is 19.6 Å². The zero-order chi connectivity index (χ0) is 17.9. The number of ether oxygens (including phenoxy) is 1. The number of carbonyl (C=O) groups is 1. The molecule has 1 amide bonds. The zero-order valence-electron chi connectivity index (χ0n) is 13.5. The van der Waals surface area contributed by atoms with Crippen LogP contribution in [0.5, 0.6) is 0 Å². The molecule has 1 N–H and O–H groups in total.